The highest BCUT2D eigenvalue weighted by Gasteiger charge is 2.20. The average molecular weight is 557 g/mol. The summed E-state index contributed by atoms with van der Waals surface area (Å²) in [5, 5.41) is 12.0. The zero-order valence-electron chi connectivity index (χ0n) is 22.5. The Hall–Kier alpha value is -4.96. The van der Waals surface area contributed by atoms with E-state index in [1.165, 1.54) is 47.2 Å². The van der Waals surface area contributed by atoms with Crippen LogP contribution in [0.15, 0.2) is 77.9 Å². The van der Waals surface area contributed by atoms with Crippen LogP contribution in [0.3, 0.4) is 0 Å². The first-order valence-electron chi connectivity index (χ1n) is 12.8. The van der Waals surface area contributed by atoms with Gasteiger partial charge >= 0.3 is 0 Å². The van der Waals surface area contributed by atoms with E-state index in [2.05, 4.69) is 15.3 Å². The topological polar surface area (TPSA) is 106 Å². The summed E-state index contributed by atoms with van der Waals surface area (Å²) in [5.74, 6) is -1.85. The second-order valence-electron chi connectivity index (χ2n) is 9.69. The largest absolute Gasteiger partial charge is 0.452 e. The maximum absolute atomic E-state index is 15.1. The number of ether oxygens (including phenoxy) is 1. The molecule has 3 heterocycles. The molecule has 0 radical (unpaired) electrons. The molecule has 208 valence electrons. The summed E-state index contributed by atoms with van der Waals surface area (Å²) in [4.78, 5) is 35.2. The number of aromatic nitrogens is 3. The molecule has 0 saturated heterocycles. The van der Waals surface area contributed by atoms with Crippen LogP contribution in [0.5, 0.6) is 11.5 Å². The fourth-order valence-electron chi connectivity index (χ4n) is 4.53. The van der Waals surface area contributed by atoms with E-state index in [4.69, 9.17) is 4.74 Å². The van der Waals surface area contributed by atoms with Crippen molar-refractivity contribution >= 4 is 22.6 Å². The van der Waals surface area contributed by atoms with E-state index in [9.17, 15) is 19.1 Å². The molecule has 1 unspecified atom stereocenters. The molecule has 0 spiro atoms. The molecular formula is C31H26F2N4O4. The summed E-state index contributed by atoms with van der Waals surface area (Å²) in [6.45, 7) is 5.17. The number of benzene rings is 2. The molecule has 0 aliphatic carbocycles. The van der Waals surface area contributed by atoms with Gasteiger partial charge in [-0.1, -0.05) is 6.92 Å². The second kappa shape index (κ2) is 11.3. The van der Waals surface area contributed by atoms with Gasteiger partial charge in [0.05, 0.1) is 5.52 Å². The Morgan fingerprint density at radius 1 is 1.02 bits per heavy atom. The molecule has 2 N–H and O–H groups in total. The third-order valence-corrected chi connectivity index (χ3v) is 6.72. The molecule has 2 aromatic carbocycles. The number of halogens is 2. The van der Waals surface area contributed by atoms with E-state index in [0.29, 0.717) is 28.0 Å². The lowest BCUT2D eigenvalue weighted by atomic mass is 10.0. The molecule has 1 amide bonds. The summed E-state index contributed by atoms with van der Waals surface area (Å²) in [6.07, 6.45) is 3.13. The minimum Gasteiger partial charge on any atom is -0.452 e. The first-order chi connectivity index (χ1) is 19.7. The maximum atomic E-state index is 15.1. The Kier molecular flexibility index (Phi) is 7.58. The minimum atomic E-state index is -0.748. The summed E-state index contributed by atoms with van der Waals surface area (Å²) in [6, 6.07) is 14.3. The number of rotatable bonds is 7. The highest BCUT2D eigenvalue weighted by atomic mass is 19.1. The highest BCUT2D eigenvalue weighted by molar-refractivity contribution is 6.05. The Labute approximate surface area is 233 Å². The number of aliphatic hydroxyl groups is 1. The van der Waals surface area contributed by atoms with Crippen molar-refractivity contribution < 1.29 is 23.4 Å². The van der Waals surface area contributed by atoms with Crippen LogP contribution in [0.2, 0.25) is 0 Å². The zero-order chi connectivity index (χ0) is 29.3. The van der Waals surface area contributed by atoms with Gasteiger partial charge in [-0.3, -0.25) is 24.1 Å². The van der Waals surface area contributed by atoms with Crippen molar-refractivity contribution in [3.8, 4) is 17.2 Å². The molecule has 8 nitrogen and oxygen atoms in total. The maximum Gasteiger partial charge on any atom is 0.268 e. The van der Waals surface area contributed by atoms with Crippen molar-refractivity contribution in [2.75, 3.05) is 11.9 Å². The van der Waals surface area contributed by atoms with Crippen molar-refractivity contribution in [2.24, 2.45) is 0 Å². The van der Waals surface area contributed by atoms with Crippen molar-refractivity contribution in [3.63, 3.8) is 0 Å². The molecule has 0 bridgehead atoms. The molecule has 0 saturated carbocycles. The second-order valence-corrected chi connectivity index (χ2v) is 9.69. The first kappa shape index (κ1) is 27.6. The number of hydrogen-bond donors (Lipinski definition) is 2. The first-order valence-corrected chi connectivity index (χ1v) is 12.8. The SMILES string of the molecule is Cc1cc(C)n(-c2ccc(F)cc2)c(=O)c1C(=O)Nc1ccc(Oc2ccnc3cc(C(C)CO)cnc23)c(F)c1. The summed E-state index contributed by atoms with van der Waals surface area (Å²) >= 11 is 0. The van der Waals surface area contributed by atoms with Gasteiger partial charge in [-0.25, -0.2) is 8.78 Å². The summed E-state index contributed by atoms with van der Waals surface area (Å²) in [5.41, 5.74) is 2.60. The number of carbonyl (C=O) groups excluding carboxylic acids is 1. The molecule has 0 fully saturated rings. The number of aryl methyl sites for hydroxylation is 2. The number of pyridine rings is 3. The lowest BCUT2D eigenvalue weighted by Gasteiger charge is -2.15. The lowest BCUT2D eigenvalue weighted by Crippen LogP contribution is -2.31. The number of nitrogens with zero attached hydrogens (tertiary/aromatic N) is 3. The van der Waals surface area contributed by atoms with E-state index in [1.54, 1.807) is 38.2 Å². The minimum absolute atomic E-state index is 0.0364. The molecule has 0 aliphatic heterocycles. The lowest BCUT2D eigenvalue weighted by molar-refractivity contribution is 0.102. The predicted molar refractivity (Wildman–Crippen MR) is 151 cm³/mol. The normalized spacial score (nSPS) is 11.9. The molecule has 5 rings (SSSR count). The summed E-state index contributed by atoms with van der Waals surface area (Å²) < 4.78 is 35.6. The standard InChI is InChI=1S/C31H26F2N4O4/c1-17-12-19(3)37(23-7-4-21(32)5-8-23)31(40)28(17)30(39)36-22-6-9-26(24(33)14-22)41-27-10-11-34-25-13-20(18(2)16-38)15-35-29(25)27/h4-15,18,38H,16H2,1-3H3,(H,36,39). The van der Waals surface area contributed by atoms with Crippen molar-refractivity contribution in [3.05, 3.63) is 117 Å². The fraction of sp³-hybridized carbons (Fsp3) is 0.161. The van der Waals surface area contributed by atoms with Crippen LogP contribution in [0, 0.1) is 25.5 Å². The zero-order valence-corrected chi connectivity index (χ0v) is 22.5. The Morgan fingerprint density at radius 3 is 2.49 bits per heavy atom. The third-order valence-electron chi connectivity index (χ3n) is 6.72. The van der Waals surface area contributed by atoms with E-state index in [1.807, 2.05) is 6.92 Å². The number of fused-ring (bicyclic) bond motifs is 1. The quantitative estimate of drug-likeness (QED) is 0.262. The van der Waals surface area contributed by atoms with Gasteiger partial charge in [0.25, 0.3) is 11.5 Å². The van der Waals surface area contributed by atoms with Gasteiger partial charge in [0.1, 0.15) is 16.9 Å². The molecular weight excluding hydrogens is 530 g/mol. The fourth-order valence-corrected chi connectivity index (χ4v) is 4.53. The van der Waals surface area contributed by atoms with E-state index in [0.717, 1.165) is 11.6 Å². The molecule has 3 aromatic heterocycles. The Bertz CT molecular complexity index is 1840. The molecule has 1 atom stereocenters. The monoisotopic (exact) mass is 556 g/mol. The van der Waals surface area contributed by atoms with Crippen molar-refractivity contribution in [1.82, 2.24) is 14.5 Å². The van der Waals surface area contributed by atoms with Crippen LogP contribution in [0.25, 0.3) is 16.7 Å². The molecule has 41 heavy (non-hydrogen) atoms. The van der Waals surface area contributed by atoms with Gasteiger partial charge in [0, 0.05) is 54.1 Å². The number of hydrogen-bond acceptors (Lipinski definition) is 6. The summed E-state index contributed by atoms with van der Waals surface area (Å²) in [7, 11) is 0. The van der Waals surface area contributed by atoms with Gasteiger partial charge in [0.2, 0.25) is 0 Å². The number of carbonyl (C=O) groups is 1. The predicted octanol–water partition coefficient (Wildman–Crippen LogP) is 5.82. The average Bonchev–Trinajstić information content (AvgIpc) is 2.94. The number of anilines is 1. The highest BCUT2D eigenvalue weighted by Crippen LogP contribution is 2.31. The van der Waals surface area contributed by atoms with Gasteiger partial charge in [0.15, 0.2) is 17.3 Å². The van der Waals surface area contributed by atoms with Crippen LogP contribution in [-0.2, 0) is 0 Å². The molecule has 10 heteroatoms. The number of amides is 1. The van der Waals surface area contributed by atoms with Gasteiger partial charge in [-0.2, -0.15) is 0 Å². The number of nitrogens with one attached hydrogen (secondary N) is 1. The Balaban J connectivity index is 1.40. The smallest absolute Gasteiger partial charge is 0.268 e. The number of aliphatic hydroxyl groups excluding tert-OH is 1. The molecule has 5 aromatic rings. The van der Waals surface area contributed by atoms with Crippen LogP contribution in [0.4, 0.5) is 14.5 Å². The van der Waals surface area contributed by atoms with E-state index < -0.39 is 23.1 Å². The van der Waals surface area contributed by atoms with E-state index >= 15 is 4.39 Å². The van der Waals surface area contributed by atoms with E-state index in [-0.39, 0.29) is 35.3 Å². The van der Waals surface area contributed by atoms with Crippen LogP contribution >= 0.6 is 0 Å². The van der Waals surface area contributed by atoms with Gasteiger partial charge in [-0.05, 0) is 73.5 Å². The third kappa shape index (κ3) is 5.55. The molecule has 0 aliphatic rings. The van der Waals surface area contributed by atoms with Crippen molar-refractivity contribution in [1.29, 1.82) is 0 Å². The van der Waals surface area contributed by atoms with Gasteiger partial charge < -0.3 is 15.2 Å². The van der Waals surface area contributed by atoms with Crippen LogP contribution in [-0.4, -0.2) is 32.2 Å². The van der Waals surface area contributed by atoms with Crippen LogP contribution in [0.1, 0.15) is 40.0 Å². The van der Waals surface area contributed by atoms with Gasteiger partial charge in [-0.15, -0.1) is 0 Å². The van der Waals surface area contributed by atoms with Crippen LogP contribution < -0.4 is 15.6 Å². The van der Waals surface area contributed by atoms with Crippen molar-refractivity contribution in [2.45, 2.75) is 26.7 Å². The Morgan fingerprint density at radius 2 is 1.78 bits per heavy atom.